The molecule has 0 aliphatic heterocycles. The smallest absolute Gasteiger partial charge is 0.0661 e. The molecule has 0 fully saturated rings. The van der Waals surface area contributed by atoms with Crippen LogP contribution in [0.5, 0.6) is 0 Å². The summed E-state index contributed by atoms with van der Waals surface area (Å²) in [6.07, 6.45) is 4.30. The molecule has 3 aromatic carbocycles. The third-order valence-corrected chi connectivity index (χ3v) is 5.08. The van der Waals surface area contributed by atoms with E-state index < -0.39 is 0 Å². The Labute approximate surface area is 166 Å². The molecule has 4 aromatic rings. The fourth-order valence-corrected chi connectivity index (χ4v) is 3.63. The molecule has 0 N–H and O–H groups in total. The number of aliphatic imine (C=N–C) groups is 1. The molecule has 0 saturated heterocycles. The third kappa shape index (κ3) is 3.41. The lowest BCUT2D eigenvalue weighted by Crippen LogP contribution is -1.96. The maximum absolute atomic E-state index is 4.77. The zero-order valence-corrected chi connectivity index (χ0v) is 16.6. The van der Waals surface area contributed by atoms with Crippen LogP contribution in [0.25, 0.3) is 22.7 Å². The van der Waals surface area contributed by atoms with Gasteiger partial charge in [-0.1, -0.05) is 60.7 Å². The van der Waals surface area contributed by atoms with Crippen LogP contribution in [0.3, 0.4) is 0 Å². The highest BCUT2D eigenvalue weighted by Crippen LogP contribution is 2.30. The first-order chi connectivity index (χ1) is 13.6. The molecule has 0 atom stereocenters. The van der Waals surface area contributed by atoms with Crippen molar-refractivity contribution in [1.82, 2.24) is 4.57 Å². The Morgan fingerprint density at radius 2 is 1.50 bits per heavy atom. The van der Waals surface area contributed by atoms with Gasteiger partial charge in [-0.3, -0.25) is 4.99 Å². The van der Waals surface area contributed by atoms with Crippen LogP contribution < -0.4 is 0 Å². The highest BCUT2D eigenvalue weighted by Gasteiger charge is 2.12. The molecule has 0 radical (unpaired) electrons. The van der Waals surface area contributed by atoms with Crippen molar-refractivity contribution in [1.29, 1.82) is 0 Å². The number of fused-ring (bicyclic) bond motifs is 1. The van der Waals surface area contributed by atoms with Gasteiger partial charge in [0, 0.05) is 28.0 Å². The van der Waals surface area contributed by atoms with Gasteiger partial charge in [-0.2, -0.15) is 0 Å². The first kappa shape index (κ1) is 18.0. The van der Waals surface area contributed by atoms with Crippen molar-refractivity contribution in [2.24, 2.45) is 4.99 Å². The zero-order valence-electron chi connectivity index (χ0n) is 16.6. The Bertz CT molecular complexity index is 1180. The first-order valence-electron chi connectivity index (χ1n) is 9.59. The summed E-state index contributed by atoms with van der Waals surface area (Å²) in [5.74, 6) is 0. The largest absolute Gasteiger partial charge is 0.313 e. The topological polar surface area (TPSA) is 17.3 Å². The predicted molar refractivity (Wildman–Crippen MR) is 121 cm³/mol. The second kappa shape index (κ2) is 7.69. The number of allylic oxidation sites excluding steroid dienone is 1. The quantitative estimate of drug-likeness (QED) is 0.345. The van der Waals surface area contributed by atoms with Gasteiger partial charge >= 0.3 is 0 Å². The normalized spacial score (nSPS) is 12.2. The lowest BCUT2D eigenvalue weighted by Gasteiger charge is -2.08. The average molecular weight is 364 g/mol. The van der Waals surface area contributed by atoms with Gasteiger partial charge in [0.05, 0.1) is 11.2 Å². The molecule has 28 heavy (non-hydrogen) atoms. The molecule has 0 unspecified atom stereocenters. The van der Waals surface area contributed by atoms with Crippen LogP contribution >= 0.6 is 0 Å². The van der Waals surface area contributed by atoms with E-state index in [4.69, 9.17) is 4.99 Å². The third-order valence-electron chi connectivity index (χ3n) is 5.08. The van der Waals surface area contributed by atoms with Crippen molar-refractivity contribution in [2.45, 2.75) is 20.8 Å². The summed E-state index contributed by atoms with van der Waals surface area (Å²) in [6, 6.07) is 27.3. The van der Waals surface area contributed by atoms with E-state index >= 15 is 0 Å². The first-order valence-corrected chi connectivity index (χ1v) is 9.59. The van der Waals surface area contributed by atoms with E-state index in [2.05, 4.69) is 104 Å². The number of hydrogen-bond donors (Lipinski definition) is 0. The summed E-state index contributed by atoms with van der Waals surface area (Å²) in [5.41, 5.74) is 8.07. The Kier molecular flexibility index (Phi) is 4.94. The van der Waals surface area contributed by atoms with Crippen LogP contribution in [-0.2, 0) is 0 Å². The van der Waals surface area contributed by atoms with Gasteiger partial charge in [0.1, 0.15) is 0 Å². The van der Waals surface area contributed by atoms with Crippen molar-refractivity contribution < 1.29 is 0 Å². The van der Waals surface area contributed by atoms with Crippen LogP contribution in [0.2, 0.25) is 0 Å². The fourth-order valence-electron chi connectivity index (χ4n) is 3.63. The van der Waals surface area contributed by atoms with Crippen LogP contribution in [-0.4, -0.2) is 10.3 Å². The minimum Gasteiger partial charge on any atom is -0.313 e. The van der Waals surface area contributed by atoms with Crippen LogP contribution in [0.1, 0.15) is 23.7 Å². The molecular formula is C26H24N2. The summed E-state index contributed by atoms with van der Waals surface area (Å²) in [7, 11) is 0. The molecule has 0 amide bonds. The Balaban J connectivity index is 1.79. The van der Waals surface area contributed by atoms with Gasteiger partial charge in [0.15, 0.2) is 0 Å². The van der Waals surface area contributed by atoms with Crippen LogP contribution in [0, 0.1) is 13.8 Å². The Hall–Kier alpha value is -3.39. The minimum absolute atomic E-state index is 0.991. The van der Waals surface area contributed by atoms with Gasteiger partial charge < -0.3 is 4.57 Å². The van der Waals surface area contributed by atoms with Gasteiger partial charge in [0.2, 0.25) is 0 Å². The van der Waals surface area contributed by atoms with Gasteiger partial charge in [0.25, 0.3) is 0 Å². The number of aromatic nitrogens is 1. The van der Waals surface area contributed by atoms with Crippen molar-refractivity contribution in [2.75, 3.05) is 0 Å². The molecular weight excluding hydrogens is 340 g/mol. The second-order valence-electron chi connectivity index (χ2n) is 7.06. The molecule has 0 aliphatic rings. The highest BCUT2D eigenvalue weighted by atomic mass is 15.0. The average Bonchev–Trinajstić information content (AvgIpc) is 3.00. The second-order valence-corrected chi connectivity index (χ2v) is 7.06. The molecule has 4 rings (SSSR count). The van der Waals surface area contributed by atoms with Crippen molar-refractivity contribution >= 4 is 28.4 Å². The standard InChI is InChI=1S/C26H24N2/c1-19-11-7-9-15-25(19)27-20(2)17-18-23-21(3)28(22-12-5-4-6-13-22)26-16-10-8-14-24(23)26/h4-18H,1-3H3/b18-17-,27-20?. The zero-order chi connectivity index (χ0) is 19.5. The summed E-state index contributed by atoms with van der Waals surface area (Å²) in [5, 5.41) is 1.25. The van der Waals surface area contributed by atoms with Crippen molar-refractivity contribution in [3.05, 3.63) is 102 Å². The number of para-hydroxylation sites is 3. The van der Waals surface area contributed by atoms with E-state index in [1.165, 1.54) is 33.4 Å². The number of nitrogens with zero attached hydrogens (tertiary/aromatic N) is 2. The molecule has 2 nitrogen and oxygen atoms in total. The maximum atomic E-state index is 4.77. The fraction of sp³-hybridized carbons (Fsp3) is 0.115. The van der Waals surface area contributed by atoms with Crippen molar-refractivity contribution in [3.63, 3.8) is 0 Å². The summed E-state index contributed by atoms with van der Waals surface area (Å²) >= 11 is 0. The van der Waals surface area contributed by atoms with E-state index in [0.29, 0.717) is 0 Å². The number of hydrogen-bond acceptors (Lipinski definition) is 1. The van der Waals surface area contributed by atoms with E-state index in [1.807, 2.05) is 12.1 Å². The summed E-state index contributed by atoms with van der Waals surface area (Å²) < 4.78 is 2.32. The monoisotopic (exact) mass is 364 g/mol. The Morgan fingerprint density at radius 1 is 0.821 bits per heavy atom. The van der Waals surface area contributed by atoms with Crippen LogP contribution in [0.15, 0.2) is 89.9 Å². The van der Waals surface area contributed by atoms with Gasteiger partial charge in [-0.15, -0.1) is 0 Å². The SMILES string of the molecule is CC(/C=C\c1c(C)n(-c2ccccc2)c2ccccc12)=Nc1ccccc1C. The molecule has 2 heteroatoms. The van der Waals surface area contributed by atoms with E-state index in [-0.39, 0.29) is 0 Å². The molecule has 0 saturated carbocycles. The lowest BCUT2D eigenvalue weighted by molar-refractivity contribution is 1.05. The number of aryl methyl sites for hydroxylation is 1. The highest BCUT2D eigenvalue weighted by molar-refractivity contribution is 6.01. The van der Waals surface area contributed by atoms with Crippen LogP contribution in [0.4, 0.5) is 5.69 Å². The predicted octanol–water partition coefficient (Wildman–Crippen LogP) is 7.05. The Morgan fingerprint density at radius 3 is 2.29 bits per heavy atom. The molecule has 0 spiro atoms. The lowest BCUT2D eigenvalue weighted by atomic mass is 10.1. The number of rotatable bonds is 4. The van der Waals surface area contributed by atoms with Gasteiger partial charge in [-0.05, 0) is 56.7 Å². The maximum Gasteiger partial charge on any atom is 0.0661 e. The minimum atomic E-state index is 0.991. The summed E-state index contributed by atoms with van der Waals surface area (Å²) in [6.45, 7) is 6.32. The van der Waals surface area contributed by atoms with E-state index in [0.717, 1.165) is 11.4 Å². The molecule has 1 aromatic heterocycles. The molecule has 0 aliphatic carbocycles. The molecule has 0 bridgehead atoms. The number of benzene rings is 3. The molecule has 1 heterocycles. The van der Waals surface area contributed by atoms with E-state index in [1.54, 1.807) is 0 Å². The van der Waals surface area contributed by atoms with Crippen molar-refractivity contribution in [3.8, 4) is 5.69 Å². The van der Waals surface area contributed by atoms with Gasteiger partial charge in [-0.25, -0.2) is 0 Å². The van der Waals surface area contributed by atoms with E-state index in [9.17, 15) is 0 Å². The molecule has 138 valence electrons. The summed E-state index contributed by atoms with van der Waals surface area (Å²) in [4.78, 5) is 4.77.